The van der Waals surface area contributed by atoms with Crippen LogP contribution in [0.15, 0.2) is 94.6 Å². The number of rotatable bonds is 6. The van der Waals surface area contributed by atoms with E-state index in [1.165, 1.54) is 4.90 Å². The molecule has 1 amide bonds. The van der Waals surface area contributed by atoms with E-state index in [0.717, 1.165) is 17.4 Å². The van der Waals surface area contributed by atoms with E-state index in [0.29, 0.717) is 22.6 Å². The molecule has 170 valence electrons. The van der Waals surface area contributed by atoms with Gasteiger partial charge in [0.2, 0.25) is 5.78 Å². The summed E-state index contributed by atoms with van der Waals surface area (Å²) in [6.45, 7) is 2.05. The van der Waals surface area contributed by atoms with E-state index in [1.54, 1.807) is 43.5 Å². The molecule has 6 nitrogen and oxygen atoms in total. The van der Waals surface area contributed by atoms with Gasteiger partial charge in [-0.05, 0) is 53.9 Å². The first-order valence-electron chi connectivity index (χ1n) is 11.0. The summed E-state index contributed by atoms with van der Waals surface area (Å²) in [4.78, 5) is 28.4. The van der Waals surface area contributed by atoms with Crippen molar-refractivity contribution in [2.75, 3.05) is 12.0 Å². The number of amides is 1. The van der Waals surface area contributed by atoms with Gasteiger partial charge in [-0.15, -0.1) is 0 Å². The number of ketones is 1. The Morgan fingerprint density at radius 2 is 1.74 bits per heavy atom. The molecule has 1 aliphatic heterocycles. The lowest BCUT2D eigenvalue weighted by atomic mass is 9.94. The number of fused-ring (bicyclic) bond motifs is 1. The van der Waals surface area contributed by atoms with Crippen molar-refractivity contribution in [2.45, 2.75) is 19.4 Å². The number of benzene rings is 3. The highest BCUT2D eigenvalue weighted by Crippen LogP contribution is 2.42. The zero-order valence-electron chi connectivity index (χ0n) is 18.8. The molecule has 1 N–H and O–H groups in total. The van der Waals surface area contributed by atoms with Crippen molar-refractivity contribution in [2.24, 2.45) is 0 Å². The van der Waals surface area contributed by atoms with Crippen LogP contribution in [-0.4, -0.2) is 23.9 Å². The van der Waals surface area contributed by atoms with Gasteiger partial charge in [-0.3, -0.25) is 14.5 Å². The van der Waals surface area contributed by atoms with Gasteiger partial charge in [0, 0.05) is 11.1 Å². The van der Waals surface area contributed by atoms with E-state index >= 15 is 0 Å². The molecular weight excluding hydrogens is 430 g/mol. The van der Waals surface area contributed by atoms with Gasteiger partial charge < -0.3 is 14.3 Å². The van der Waals surface area contributed by atoms with E-state index in [1.807, 2.05) is 49.4 Å². The van der Waals surface area contributed by atoms with Crippen molar-refractivity contribution < 1.29 is 23.8 Å². The topological polar surface area (TPSA) is 80.0 Å². The minimum Gasteiger partial charge on any atom is -0.503 e. The molecule has 3 aromatic carbocycles. The van der Waals surface area contributed by atoms with Crippen LogP contribution in [-0.2, 0) is 11.2 Å². The van der Waals surface area contributed by atoms with Crippen molar-refractivity contribution in [1.29, 1.82) is 0 Å². The predicted molar refractivity (Wildman–Crippen MR) is 129 cm³/mol. The van der Waals surface area contributed by atoms with Crippen LogP contribution in [0.1, 0.15) is 34.6 Å². The number of para-hydroxylation sites is 1. The summed E-state index contributed by atoms with van der Waals surface area (Å²) in [5.74, 6) is -1.03. The molecule has 0 saturated carbocycles. The SMILES string of the molecule is CCc1ccc(N2C(=O)C(O)=C(C(=O)c3cc4ccccc4o3)C2c2ccc(OC)cc2)cc1. The van der Waals surface area contributed by atoms with Crippen LogP contribution in [0.4, 0.5) is 5.69 Å². The lowest BCUT2D eigenvalue weighted by molar-refractivity contribution is -0.117. The molecular formula is C28H23NO5. The summed E-state index contributed by atoms with van der Waals surface area (Å²) < 4.78 is 11.0. The quantitative estimate of drug-likeness (QED) is 0.374. The maximum Gasteiger partial charge on any atom is 0.294 e. The third-order valence-corrected chi connectivity index (χ3v) is 6.16. The van der Waals surface area contributed by atoms with Crippen molar-refractivity contribution in [3.63, 3.8) is 0 Å². The summed E-state index contributed by atoms with van der Waals surface area (Å²) in [5.41, 5.74) is 2.91. The number of methoxy groups -OCH3 is 1. The number of aryl methyl sites for hydroxylation is 1. The van der Waals surface area contributed by atoms with Crippen molar-refractivity contribution in [3.05, 3.63) is 107 Å². The lowest BCUT2D eigenvalue weighted by Gasteiger charge is -2.27. The molecule has 0 bridgehead atoms. The van der Waals surface area contributed by atoms with Gasteiger partial charge in [0.1, 0.15) is 11.3 Å². The predicted octanol–water partition coefficient (Wildman–Crippen LogP) is 5.79. The van der Waals surface area contributed by atoms with Crippen LogP contribution in [0.2, 0.25) is 0 Å². The summed E-state index contributed by atoms with van der Waals surface area (Å²) in [6, 6.07) is 22.7. The molecule has 2 heterocycles. The van der Waals surface area contributed by atoms with E-state index in [4.69, 9.17) is 9.15 Å². The number of anilines is 1. The van der Waals surface area contributed by atoms with Crippen molar-refractivity contribution in [3.8, 4) is 5.75 Å². The fraction of sp³-hybridized carbons (Fsp3) is 0.143. The Hall–Kier alpha value is -4.32. The van der Waals surface area contributed by atoms with Gasteiger partial charge in [0.15, 0.2) is 11.5 Å². The number of nitrogens with zero attached hydrogens (tertiary/aromatic N) is 1. The average Bonchev–Trinajstić information content (AvgIpc) is 3.43. The number of carbonyl (C=O) groups excluding carboxylic acids is 2. The Kier molecular flexibility index (Phi) is 5.42. The molecule has 0 aliphatic carbocycles. The fourth-order valence-corrected chi connectivity index (χ4v) is 4.32. The van der Waals surface area contributed by atoms with E-state index in [2.05, 4.69) is 0 Å². The molecule has 34 heavy (non-hydrogen) atoms. The van der Waals surface area contributed by atoms with Crippen LogP contribution < -0.4 is 9.64 Å². The Labute approximate surface area is 196 Å². The second kappa shape index (κ2) is 8.56. The monoisotopic (exact) mass is 453 g/mol. The molecule has 0 spiro atoms. The molecule has 1 atom stereocenters. The number of furan rings is 1. The van der Waals surface area contributed by atoms with E-state index < -0.39 is 23.5 Å². The molecule has 1 aromatic heterocycles. The summed E-state index contributed by atoms with van der Waals surface area (Å²) in [6.07, 6.45) is 0.857. The average molecular weight is 453 g/mol. The second-order valence-corrected chi connectivity index (χ2v) is 8.11. The van der Waals surface area contributed by atoms with Crippen LogP contribution in [0.3, 0.4) is 0 Å². The third kappa shape index (κ3) is 3.53. The molecule has 4 aromatic rings. The Balaban J connectivity index is 1.64. The number of aliphatic hydroxyl groups is 1. The second-order valence-electron chi connectivity index (χ2n) is 8.11. The number of hydrogen-bond donors (Lipinski definition) is 1. The highest BCUT2D eigenvalue weighted by molar-refractivity contribution is 6.20. The number of hydrogen-bond acceptors (Lipinski definition) is 5. The molecule has 0 fully saturated rings. The standard InChI is InChI=1S/C28H23NO5/c1-3-17-8-12-20(13-9-17)29-25(18-10-14-21(33-2)15-11-18)24(27(31)28(29)32)26(30)23-16-19-6-4-5-7-22(19)34-23/h4-16,25,31H,3H2,1-2H3. The summed E-state index contributed by atoms with van der Waals surface area (Å²) in [5, 5.41) is 11.7. The van der Waals surface area contributed by atoms with Gasteiger partial charge in [0.05, 0.1) is 18.7 Å². The van der Waals surface area contributed by atoms with Crippen LogP contribution in [0.25, 0.3) is 11.0 Å². The first-order chi connectivity index (χ1) is 16.5. The summed E-state index contributed by atoms with van der Waals surface area (Å²) >= 11 is 0. The zero-order chi connectivity index (χ0) is 23.8. The van der Waals surface area contributed by atoms with Gasteiger partial charge in [-0.2, -0.15) is 0 Å². The highest BCUT2D eigenvalue weighted by Gasteiger charge is 2.45. The molecule has 0 saturated heterocycles. The molecule has 5 rings (SSSR count). The third-order valence-electron chi connectivity index (χ3n) is 6.16. The maximum absolute atomic E-state index is 13.6. The number of carbonyl (C=O) groups is 2. The Bertz CT molecular complexity index is 1380. The Morgan fingerprint density at radius 3 is 2.38 bits per heavy atom. The fourth-order valence-electron chi connectivity index (χ4n) is 4.32. The van der Waals surface area contributed by atoms with Gasteiger partial charge in [-0.25, -0.2) is 0 Å². The van der Waals surface area contributed by atoms with Gasteiger partial charge in [-0.1, -0.05) is 49.4 Å². The first kappa shape index (κ1) is 21.5. The number of ether oxygens (including phenoxy) is 1. The normalized spacial score (nSPS) is 15.9. The van der Waals surface area contributed by atoms with Crippen LogP contribution >= 0.6 is 0 Å². The summed E-state index contributed by atoms with van der Waals surface area (Å²) in [7, 11) is 1.57. The molecule has 1 unspecified atom stereocenters. The minimum atomic E-state index is -0.827. The maximum atomic E-state index is 13.6. The zero-order valence-corrected chi connectivity index (χ0v) is 18.8. The number of Topliss-reactive ketones (excluding diaryl/α,β-unsaturated/α-hetero) is 1. The number of aliphatic hydroxyl groups excluding tert-OH is 1. The smallest absolute Gasteiger partial charge is 0.294 e. The molecule has 1 aliphatic rings. The minimum absolute atomic E-state index is 0.0196. The van der Waals surface area contributed by atoms with E-state index in [9.17, 15) is 14.7 Å². The van der Waals surface area contributed by atoms with Gasteiger partial charge >= 0.3 is 0 Å². The Morgan fingerprint density at radius 1 is 1.03 bits per heavy atom. The lowest BCUT2D eigenvalue weighted by Crippen LogP contribution is -2.31. The molecule has 6 heteroatoms. The van der Waals surface area contributed by atoms with Crippen LogP contribution in [0.5, 0.6) is 5.75 Å². The largest absolute Gasteiger partial charge is 0.503 e. The van der Waals surface area contributed by atoms with Crippen LogP contribution in [0, 0.1) is 0 Å². The van der Waals surface area contributed by atoms with Crippen molar-refractivity contribution in [1.82, 2.24) is 0 Å². The van der Waals surface area contributed by atoms with E-state index in [-0.39, 0.29) is 11.3 Å². The highest BCUT2D eigenvalue weighted by atomic mass is 16.5. The molecule has 0 radical (unpaired) electrons. The first-order valence-corrected chi connectivity index (χ1v) is 11.0. The van der Waals surface area contributed by atoms with Gasteiger partial charge in [0.25, 0.3) is 5.91 Å². The van der Waals surface area contributed by atoms with Crippen molar-refractivity contribution >= 4 is 28.3 Å².